The molecule has 1 saturated carbocycles. The Kier molecular flexibility index (Phi) is 3.82. The highest BCUT2D eigenvalue weighted by Crippen LogP contribution is 2.26. The maximum atomic E-state index is 13.1. The van der Waals surface area contributed by atoms with Crippen LogP contribution in [0.3, 0.4) is 0 Å². The molecule has 2 atom stereocenters. The van der Waals surface area contributed by atoms with Crippen molar-refractivity contribution < 1.29 is 9.18 Å². The van der Waals surface area contributed by atoms with E-state index in [2.05, 4.69) is 28.2 Å². The van der Waals surface area contributed by atoms with E-state index >= 15 is 0 Å². The summed E-state index contributed by atoms with van der Waals surface area (Å²) in [5, 5.41) is 2.98. The van der Waals surface area contributed by atoms with Crippen LogP contribution in [0.1, 0.15) is 36.5 Å². The van der Waals surface area contributed by atoms with Crippen LogP contribution in [0.2, 0.25) is 0 Å². The fourth-order valence-corrected chi connectivity index (χ4v) is 2.70. The molecule has 1 aromatic carbocycles. The predicted octanol–water partition coefficient (Wildman–Crippen LogP) is 3.51. The second kappa shape index (κ2) is 5.17. The number of hydrogen-bond donors (Lipinski definition) is 1. The van der Waals surface area contributed by atoms with Crippen molar-refractivity contribution in [3.05, 3.63) is 34.1 Å². The van der Waals surface area contributed by atoms with E-state index < -0.39 is 5.82 Å². The topological polar surface area (TPSA) is 29.1 Å². The molecular formula is C13H15BrFNO. The fraction of sp³-hybridized carbons (Fsp3) is 0.462. The molecule has 0 aliphatic heterocycles. The molecule has 1 aliphatic carbocycles. The molecule has 0 heterocycles. The van der Waals surface area contributed by atoms with Crippen LogP contribution in [-0.2, 0) is 0 Å². The smallest absolute Gasteiger partial charge is 0.252 e. The minimum absolute atomic E-state index is 0.199. The van der Waals surface area contributed by atoms with Crippen LogP contribution in [0.4, 0.5) is 4.39 Å². The Hall–Kier alpha value is -0.900. The zero-order valence-electron chi connectivity index (χ0n) is 9.67. The zero-order chi connectivity index (χ0) is 12.4. The van der Waals surface area contributed by atoms with Gasteiger partial charge in [-0.3, -0.25) is 4.79 Å². The van der Waals surface area contributed by atoms with Crippen LogP contribution in [-0.4, -0.2) is 11.9 Å². The van der Waals surface area contributed by atoms with E-state index in [1.807, 2.05) is 0 Å². The summed E-state index contributed by atoms with van der Waals surface area (Å²) in [7, 11) is 0. The molecule has 2 rings (SSSR count). The number of nitrogens with one attached hydrogen (secondary N) is 1. The van der Waals surface area contributed by atoms with Crippen molar-refractivity contribution in [3.8, 4) is 0 Å². The third-order valence-corrected chi connectivity index (χ3v) is 4.04. The first-order chi connectivity index (χ1) is 8.08. The molecule has 0 radical (unpaired) electrons. The van der Waals surface area contributed by atoms with Gasteiger partial charge in [-0.25, -0.2) is 4.39 Å². The highest BCUT2D eigenvalue weighted by Gasteiger charge is 2.25. The highest BCUT2D eigenvalue weighted by molar-refractivity contribution is 9.10. The molecule has 1 amide bonds. The van der Waals surface area contributed by atoms with Gasteiger partial charge in [0.1, 0.15) is 5.82 Å². The number of benzene rings is 1. The number of amides is 1. The van der Waals surface area contributed by atoms with Gasteiger partial charge >= 0.3 is 0 Å². The van der Waals surface area contributed by atoms with Gasteiger partial charge in [0.25, 0.3) is 5.91 Å². The largest absolute Gasteiger partial charge is 0.349 e. The average Bonchev–Trinajstić information content (AvgIpc) is 2.68. The lowest BCUT2D eigenvalue weighted by atomic mass is 10.1. The molecular weight excluding hydrogens is 285 g/mol. The molecule has 92 valence electrons. The molecule has 0 bridgehead atoms. The van der Waals surface area contributed by atoms with Crippen molar-refractivity contribution in [3.63, 3.8) is 0 Å². The predicted molar refractivity (Wildman–Crippen MR) is 68.4 cm³/mol. The monoisotopic (exact) mass is 299 g/mol. The molecule has 1 aromatic rings. The van der Waals surface area contributed by atoms with Crippen LogP contribution in [0, 0.1) is 11.7 Å². The summed E-state index contributed by atoms with van der Waals surface area (Å²) in [5.41, 5.74) is 0.365. The van der Waals surface area contributed by atoms with Crippen molar-refractivity contribution in [2.24, 2.45) is 5.92 Å². The SMILES string of the molecule is CC1CCCC1NC(=O)c1cc(F)ccc1Br. The average molecular weight is 300 g/mol. The van der Waals surface area contributed by atoms with Crippen molar-refractivity contribution >= 4 is 21.8 Å². The molecule has 2 nitrogen and oxygen atoms in total. The van der Waals surface area contributed by atoms with Gasteiger partial charge in [0.2, 0.25) is 0 Å². The molecule has 0 saturated heterocycles. The number of carbonyl (C=O) groups excluding carboxylic acids is 1. The summed E-state index contributed by atoms with van der Waals surface area (Å²) in [6, 6.07) is 4.37. The Morgan fingerprint density at radius 2 is 2.24 bits per heavy atom. The summed E-state index contributed by atoms with van der Waals surface area (Å²) in [5.74, 6) is -0.0840. The summed E-state index contributed by atoms with van der Waals surface area (Å²) in [4.78, 5) is 12.0. The van der Waals surface area contributed by atoms with E-state index in [1.165, 1.54) is 12.1 Å². The second-order valence-corrected chi connectivity index (χ2v) is 5.47. The Morgan fingerprint density at radius 1 is 1.47 bits per heavy atom. The van der Waals surface area contributed by atoms with E-state index in [4.69, 9.17) is 0 Å². The summed E-state index contributed by atoms with van der Waals surface area (Å²) in [6.45, 7) is 2.14. The second-order valence-electron chi connectivity index (χ2n) is 4.61. The maximum Gasteiger partial charge on any atom is 0.252 e. The Labute approximate surface area is 109 Å². The zero-order valence-corrected chi connectivity index (χ0v) is 11.3. The summed E-state index contributed by atoms with van der Waals surface area (Å²) < 4.78 is 13.7. The van der Waals surface area contributed by atoms with Crippen LogP contribution in [0.25, 0.3) is 0 Å². The lowest BCUT2D eigenvalue weighted by Gasteiger charge is -2.17. The maximum absolute atomic E-state index is 13.1. The van der Waals surface area contributed by atoms with Gasteiger partial charge in [-0.2, -0.15) is 0 Å². The molecule has 0 spiro atoms. The van der Waals surface area contributed by atoms with Gasteiger partial charge < -0.3 is 5.32 Å². The number of carbonyl (C=O) groups is 1. The van der Waals surface area contributed by atoms with Crippen LogP contribution in [0.5, 0.6) is 0 Å². The first-order valence-corrected chi connectivity index (χ1v) is 6.63. The minimum atomic E-state index is -0.391. The normalized spacial score (nSPS) is 23.7. The van der Waals surface area contributed by atoms with Gasteiger partial charge in [-0.15, -0.1) is 0 Å². The Balaban J connectivity index is 2.11. The highest BCUT2D eigenvalue weighted by atomic mass is 79.9. The van der Waals surface area contributed by atoms with Crippen LogP contribution in [0.15, 0.2) is 22.7 Å². The van der Waals surface area contributed by atoms with Crippen molar-refractivity contribution in [2.75, 3.05) is 0 Å². The standard InChI is InChI=1S/C13H15BrFNO/c1-8-3-2-4-12(8)16-13(17)10-7-9(15)5-6-11(10)14/h5-8,12H,2-4H2,1H3,(H,16,17). The molecule has 4 heteroatoms. The van der Waals surface area contributed by atoms with Gasteiger partial charge in [-0.05, 0) is 52.9 Å². The van der Waals surface area contributed by atoms with Gasteiger partial charge in [0.15, 0.2) is 0 Å². The van der Waals surface area contributed by atoms with E-state index in [1.54, 1.807) is 6.07 Å². The van der Waals surface area contributed by atoms with Crippen molar-refractivity contribution in [1.82, 2.24) is 5.32 Å². The van der Waals surface area contributed by atoms with Crippen LogP contribution >= 0.6 is 15.9 Å². The Morgan fingerprint density at radius 3 is 2.88 bits per heavy atom. The molecule has 17 heavy (non-hydrogen) atoms. The lowest BCUT2D eigenvalue weighted by Crippen LogP contribution is -2.36. The van der Waals surface area contributed by atoms with Crippen molar-refractivity contribution in [1.29, 1.82) is 0 Å². The van der Waals surface area contributed by atoms with Crippen molar-refractivity contribution in [2.45, 2.75) is 32.2 Å². The van der Waals surface area contributed by atoms with E-state index in [0.29, 0.717) is 16.0 Å². The van der Waals surface area contributed by atoms with E-state index in [9.17, 15) is 9.18 Å². The lowest BCUT2D eigenvalue weighted by molar-refractivity contribution is 0.0928. The number of rotatable bonds is 2. The fourth-order valence-electron chi connectivity index (χ4n) is 2.28. The van der Waals surface area contributed by atoms with E-state index in [0.717, 1.165) is 19.3 Å². The molecule has 1 aliphatic rings. The Bertz CT molecular complexity index is 435. The molecule has 1 fully saturated rings. The van der Waals surface area contributed by atoms with Gasteiger partial charge in [0.05, 0.1) is 5.56 Å². The van der Waals surface area contributed by atoms with Gasteiger partial charge in [-0.1, -0.05) is 13.3 Å². The first-order valence-electron chi connectivity index (χ1n) is 5.84. The minimum Gasteiger partial charge on any atom is -0.349 e. The summed E-state index contributed by atoms with van der Waals surface area (Å²) >= 11 is 3.27. The molecule has 2 unspecified atom stereocenters. The molecule has 0 aromatic heterocycles. The number of hydrogen-bond acceptors (Lipinski definition) is 1. The first kappa shape index (κ1) is 12.6. The third-order valence-electron chi connectivity index (χ3n) is 3.35. The van der Waals surface area contributed by atoms with Crippen LogP contribution < -0.4 is 5.32 Å². The van der Waals surface area contributed by atoms with E-state index in [-0.39, 0.29) is 11.9 Å². The molecule has 1 N–H and O–H groups in total. The third kappa shape index (κ3) is 2.86. The van der Waals surface area contributed by atoms with Gasteiger partial charge in [0, 0.05) is 10.5 Å². The summed E-state index contributed by atoms with van der Waals surface area (Å²) in [6.07, 6.45) is 3.31. The quantitative estimate of drug-likeness (QED) is 0.890. The number of halogens is 2.